The summed E-state index contributed by atoms with van der Waals surface area (Å²) in [6.07, 6.45) is 3.01. The van der Waals surface area contributed by atoms with Gasteiger partial charge in [0.25, 0.3) is 5.91 Å². The van der Waals surface area contributed by atoms with Crippen LogP contribution in [-0.4, -0.2) is 55.3 Å². The number of pyridine rings is 1. The first-order chi connectivity index (χ1) is 11.8. The summed E-state index contributed by atoms with van der Waals surface area (Å²) in [5.41, 5.74) is 0.572. The van der Waals surface area contributed by atoms with E-state index < -0.39 is 0 Å². The van der Waals surface area contributed by atoms with Crippen LogP contribution in [0.3, 0.4) is 0 Å². The lowest BCUT2D eigenvalue weighted by molar-refractivity contribution is 0.0651. The summed E-state index contributed by atoms with van der Waals surface area (Å²) in [5.74, 6) is 1.44. The lowest BCUT2D eigenvalue weighted by Crippen LogP contribution is -2.40. The molecular formula is C18H20N2O4. The van der Waals surface area contributed by atoms with Crippen LogP contribution in [0.2, 0.25) is 0 Å². The van der Waals surface area contributed by atoms with E-state index in [0.29, 0.717) is 31.9 Å². The van der Waals surface area contributed by atoms with Gasteiger partial charge in [0.2, 0.25) is 0 Å². The van der Waals surface area contributed by atoms with E-state index >= 15 is 0 Å². The van der Waals surface area contributed by atoms with Gasteiger partial charge in [0.05, 0.1) is 32.4 Å². The van der Waals surface area contributed by atoms with Gasteiger partial charge in [0.15, 0.2) is 0 Å². The number of rotatable bonds is 4. The zero-order chi connectivity index (χ0) is 16.8. The molecule has 0 N–H and O–H groups in total. The van der Waals surface area contributed by atoms with Crippen LogP contribution in [0.4, 0.5) is 0 Å². The maximum absolute atomic E-state index is 12.6. The first-order valence-electron chi connectivity index (χ1n) is 7.84. The number of amides is 1. The smallest absolute Gasteiger partial charge is 0.255 e. The molecule has 1 aliphatic rings. The Balaban J connectivity index is 1.66. The molecule has 0 unspecified atom stereocenters. The highest BCUT2D eigenvalue weighted by Gasteiger charge is 2.24. The Morgan fingerprint density at radius 1 is 1.25 bits per heavy atom. The maximum atomic E-state index is 12.6. The van der Waals surface area contributed by atoms with Crippen molar-refractivity contribution in [3.8, 4) is 11.5 Å². The summed E-state index contributed by atoms with van der Waals surface area (Å²) in [6, 6.07) is 10.9. The van der Waals surface area contributed by atoms with Crippen molar-refractivity contribution in [2.75, 3.05) is 33.4 Å². The number of methoxy groups -OCH3 is 1. The molecule has 1 fully saturated rings. The SMILES string of the molecule is COc1ccc(O[C@H]2COCCN(C(=O)c3cccnc3)C2)cc1. The third-order valence-corrected chi connectivity index (χ3v) is 3.79. The summed E-state index contributed by atoms with van der Waals surface area (Å²) in [4.78, 5) is 18.3. The van der Waals surface area contributed by atoms with E-state index in [-0.39, 0.29) is 12.0 Å². The van der Waals surface area contributed by atoms with Crippen molar-refractivity contribution >= 4 is 5.91 Å². The topological polar surface area (TPSA) is 60.9 Å². The zero-order valence-corrected chi connectivity index (χ0v) is 13.6. The molecule has 0 bridgehead atoms. The Morgan fingerprint density at radius 3 is 2.75 bits per heavy atom. The molecule has 126 valence electrons. The van der Waals surface area contributed by atoms with Gasteiger partial charge in [-0.1, -0.05) is 0 Å². The predicted molar refractivity (Wildman–Crippen MR) is 88.4 cm³/mol. The van der Waals surface area contributed by atoms with E-state index in [9.17, 15) is 4.79 Å². The maximum Gasteiger partial charge on any atom is 0.255 e. The van der Waals surface area contributed by atoms with Crippen molar-refractivity contribution in [1.29, 1.82) is 0 Å². The number of aromatic nitrogens is 1. The van der Waals surface area contributed by atoms with Gasteiger partial charge < -0.3 is 19.1 Å². The molecular weight excluding hydrogens is 308 g/mol. The Labute approximate surface area is 141 Å². The first kappa shape index (κ1) is 16.3. The molecule has 2 heterocycles. The van der Waals surface area contributed by atoms with E-state index in [4.69, 9.17) is 14.2 Å². The van der Waals surface area contributed by atoms with Gasteiger partial charge in [-0.2, -0.15) is 0 Å². The Kier molecular flexibility index (Phi) is 5.28. The van der Waals surface area contributed by atoms with Crippen molar-refractivity contribution in [2.24, 2.45) is 0 Å². The van der Waals surface area contributed by atoms with Crippen molar-refractivity contribution < 1.29 is 19.0 Å². The largest absolute Gasteiger partial charge is 0.497 e. The highest BCUT2D eigenvalue weighted by molar-refractivity contribution is 5.93. The van der Waals surface area contributed by atoms with Gasteiger partial charge in [-0.15, -0.1) is 0 Å². The average molecular weight is 328 g/mol. The van der Waals surface area contributed by atoms with Crippen LogP contribution in [0.15, 0.2) is 48.8 Å². The average Bonchev–Trinajstić information content (AvgIpc) is 2.88. The Bertz CT molecular complexity index is 660. The minimum Gasteiger partial charge on any atom is -0.497 e. The molecule has 1 amide bonds. The lowest BCUT2D eigenvalue weighted by atomic mass is 10.2. The summed E-state index contributed by atoms with van der Waals surface area (Å²) in [7, 11) is 1.62. The predicted octanol–water partition coefficient (Wildman–Crippen LogP) is 2.01. The molecule has 2 aromatic rings. The number of carbonyl (C=O) groups excluding carboxylic acids is 1. The van der Waals surface area contributed by atoms with Crippen LogP contribution in [0.1, 0.15) is 10.4 Å². The van der Waals surface area contributed by atoms with Crippen LogP contribution >= 0.6 is 0 Å². The van der Waals surface area contributed by atoms with E-state index in [1.165, 1.54) is 0 Å². The quantitative estimate of drug-likeness (QED) is 0.859. The monoisotopic (exact) mass is 328 g/mol. The zero-order valence-electron chi connectivity index (χ0n) is 13.6. The van der Waals surface area contributed by atoms with Crippen LogP contribution in [0, 0.1) is 0 Å². The second kappa shape index (κ2) is 7.79. The molecule has 0 spiro atoms. The summed E-state index contributed by atoms with van der Waals surface area (Å²) in [6.45, 7) is 1.95. The van der Waals surface area contributed by atoms with Crippen LogP contribution in [0.25, 0.3) is 0 Å². The minimum atomic E-state index is -0.221. The van der Waals surface area contributed by atoms with E-state index in [1.807, 2.05) is 24.3 Å². The van der Waals surface area contributed by atoms with Gasteiger partial charge >= 0.3 is 0 Å². The van der Waals surface area contributed by atoms with Crippen LogP contribution in [0.5, 0.6) is 11.5 Å². The minimum absolute atomic E-state index is 0.0584. The highest BCUT2D eigenvalue weighted by atomic mass is 16.5. The number of carbonyl (C=O) groups is 1. The van der Waals surface area contributed by atoms with Crippen molar-refractivity contribution in [2.45, 2.75) is 6.10 Å². The molecule has 1 saturated heterocycles. The van der Waals surface area contributed by atoms with E-state index in [2.05, 4.69) is 4.98 Å². The van der Waals surface area contributed by atoms with E-state index in [1.54, 1.807) is 36.5 Å². The highest BCUT2D eigenvalue weighted by Crippen LogP contribution is 2.19. The van der Waals surface area contributed by atoms with Gasteiger partial charge in [0, 0.05) is 18.9 Å². The number of ether oxygens (including phenoxy) is 3. The first-order valence-corrected chi connectivity index (χ1v) is 7.84. The molecule has 24 heavy (non-hydrogen) atoms. The molecule has 0 aliphatic carbocycles. The number of hydrogen-bond donors (Lipinski definition) is 0. The Morgan fingerprint density at radius 2 is 2.04 bits per heavy atom. The van der Waals surface area contributed by atoms with Crippen LogP contribution < -0.4 is 9.47 Å². The standard InChI is InChI=1S/C18H20N2O4/c1-22-15-4-6-16(7-5-15)24-17-12-20(9-10-23-13-17)18(21)14-3-2-8-19-11-14/h2-8,11,17H,9-10,12-13H2,1H3/t17-/m1/s1. The molecule has 3 rings (SSSR count). The van der Waals surface area contributed by atoms with Crippen molar-refractivity contribution in [1.82, 2.24) is 9.88 Å². The van der Waals surface area contributed by atoms with Gasteiger partial charge in [-0.3, -0.25) is 9.78 Å². The normalized spacial score (nSPS) is 17.9. The second-order valence-corrected chi connectivity index (χ2v) is 5.48. The fraction of sp³-hybridized carbons (Fsp3) is 0.333. The molecule has 1 aromatic carbocycles. The molecule has 1 atom stereocenters. The van der Waals surface area contributed by atoms with Gasteiger partial charge in [-0.25, -0.2) is 0 Å². The number of hydrogen-bond acceptors (Lipinski definition) is 5. The van der Waals surface area contributed by atoms with Crippen molar-refractivity contribution in [3.05, 3.63) is 54.4 Å². The third kappa shape index (κ3) is 4.02. The molecule has 6 nitrogen and oxygen atoms in total. The van der Waals surface area contributed by atoms with Gasteiger partial charge in [0.1, 0.15) is 17.6 Å². The fourth-order valence-electron chi connectivity index (χ4n) is 2.55. The number of benzene rings is 1. The summed E-state index contributed by atoms with van der Waals surface area (Å²) >= 11 is 0. The van der Waals surface area contributed by atoms with Crippen molar-refractivity contribution in [3.63, 3.8) is 0 Å². The number of nitrogens with zero attached hydrogens (tertiary/aromatic N) is 2. The van der Waals surface area contributed by atoms with E-state index in [0.717, 1.165) is 11.5 Å². The Hall–Kier alpha value is -2.60. The molecule has 0 radical (unpaired) electrons. The lowest BCUT2D eigenvalue weighted by Gasteiger charge is -2.24. The molecule has 1 aliphatic heterocycles. The fourth-order valence-corrected chi connectivity index (χ4v) is 2.55. The van der Waals surface area contributed by atoms with Crippen LogP contribution in [-0.2, 0) is 4.74 Å². The van der Waals surface area contributed by atoms with Gasteiger partial charge in [-0.05, 0) is 36.4 Å². The third-order valence-electron chi connectivity index (χ3n) is 3.79. The molecule has 0 saturated carbocycles. The second-order valence-electron chi connectivity index (χ2n) is 5.48. The molecule has 6 heteroatoms. The summed E-state index contributed by atoms with van der Waals surface area (Å²) in [5, 5.41) is 0. The summed E-state index contributed by atoms with van der Waals surface area (Å²) < 4.78 is 16.7. The molecule has 1 aromatic heterocycles.